The van der Waals surface area contributed by atoms with E-state index in [2.05, 4.69) is 46.1 Å². The lowest BCUT2D eigenvalue weighted by Gasteiger charge is -2.12. The van der Waals surface area contributed by atoms with Gasteiger partial charge in [0.05, 0.1) is 10.5 Å². The number of halogens is 2. The van der Waals surface area contributed by atoms with Gasteiger partial charge in [0, 0.05) is 27.8 Å². The number of fused-ring (bicyclic) bond motifs is 1. The molecule has 0 aliphatic heterocycles. The first kappa shape index (κ1) is 12.7. The van der Waals surface area contributed by atoms with Crippen LogP contribution in [0.3, 0.4) is 0 Å². The molecule has 0 unspecified atom stereocenters. The minimum absolute atomic E-state index is 0.692. The molecule has 2 nitrogen and oxygen atoms in total. The van der Waals surface area contributed by atoms with E-state index in [0.717, 1.165) is 39.7 Å². The van der Waals surface area contributed by atoms with Gasteiger partial charge in [-0.25, -0.2) is 0 Å². The summed E-state index contributed by atoms with van der Waals surface area (Å²) in [5, 5.41) is 5.11. The molecular weight excluding hydrogens is 300 g/mol. The molecule has 90 valence electrons. The van der Waals surface area contributed by atoms with Crippen molar-refractivity contribution in [2.24, 2.45) is 0 Å². The molecule has 0 radical (unpaired) electrons. The van der Waals surface area contributed by atoms with Crippen molar-refractivity contribution in [3.8, 4) is 0 Å². The van der Waals surface area contributed by atoms with Gasteiger partial charge in [0.1, 0.15) is 0 Å². The van der Waals surface area contributed by atoms with Gasteiger partial charge in [0.2, 0.25) is 0 Å². The average Bonchev–Trinajstić information content (AvgIpc) is 2.34. The molecule has 0 atom stereocenters. The topological polar surface area (TPSA) is 24.9 Å². The minimum atomic E-state index is 0.692. The lowest BCUT2D eigenvalue weighted by Crippen LogP contribution is -2.01. The van der Waals surface area contributed by atoms with Gasteiger partial charge in [-0.05, 0) is 31.5 Å². The molecule has 4 heteroatoms. The maximum absolute atomic E-state index is 6.22. The Morgan fingerprint density at radius 1 is 1.35 bits per heavy atom. The van der Waals surface area contributed by atoms with Crippen molar-refractivity contribution in [3.05, 3.63) is 33.4 Å². The van der Waals surface area contributed by atoms with Crippen LogP contribution < -0.4 is 5.32 Å². The molecule has 1 aromatic heterocycles. The fraction of sp³-hybridized carbons (Fsp3) is 0.308. The summed E-state index contributed by atoms with van der Waals surface area (Å²) in [5.41, 5.74) is 2.99. The van der Waals surface area contributed by atoms with Crippen LogP contribution in [0.25, 0.3) is 10.9 Å². The zero-order valence-corrected chi connectivity index (χ0v) is 12.2. The Morgan fingerprint density at radius 3 is 2.76 bits per heavy atom. The van der Waals surface area contributed by atoms with Crippen LogP contribution in [0.5, 0.6) is 0 Å². The molecule has 0 bridgehead atoms. The fourth-order valence-corrected chi connectivity index (χ4v) is 2.57. The molecule has 2 rings (SSSR count). The van der Waals surface area contributed by atoms with Gasteiger partial charge in [-0.15, -0.1) is 0 Å². The van der Waals surface area contributed by atoms with E-state index in [1.54, 1.807) is 0 Å². The normalized spacial score (nSPS) is 10.8. The molecule has 1 heterocycles. The lowest BCUT2D eigenvalue weighted by molar-refractivity contribution is 1.05. The fourth-order valence-electron chi connectivity index (χ4n) is 1.83. The highest BCUT2D eigenvalue weighted by molar-refractivity contribution is 9.10. The average molecular weight is 314 g/mol. The Bertz CT molecular complexity index is 555. The monoisotopic (exact) mass is 312 g/mol. The standard InChI is InChI=1S/C13H14BrClN2/c1-3-8-7-11(16-4-2)12-9(14)5-6-10(15)13(12)17-8/h5-7H,3-4H2,1-2H3,(H,16,17). The highest BCUT2D eigenvalue weighted by atomic mass is 79.9. The van der Waals surface area contributed by atoms with E-state index in [0.29, 0.717) is 5.02 Å². The lowest BCUT2D eigenvalue weighted by atomic mass is 10.1. The van der Waals surface area contributed by atoms with Gasteiger partial charge >= 0.3 is 0 Å². The highest BCUT2D eigenvalue weighted by Crippen LogP contribution is 2.34. The van der Waals surface area contributed by atoms with Crippen LogP contribution in [-0.2, 0) is 6.42 Å². The van der Waals surface area contributed by atoms with Crippen LogP contribution in [0, 0.1) is 0 Å². The van der Waals surface area contributed by atoms with Gasteiger partial charge in [-0.1, -0.05) is 34.5 Å². The summed E-state index contributed by atoms with van der Waals surface area (Å²) in [5.74, 6) is 0. The molecule has 0 amide bonds. The van der Waals surface area contributed by atoms with Crippen LogP contribution in [0.2, 0.25) is 5.02 Å². The van der Waals surface area contributed by atoms with E-state index in [1.807, 2.05) is 12.1 Å². The SMILES string of the molecule is CCNc1cc(CC)nc2c(Cl)ccc(Br)c12. The summed E-state index contributed by atoms with van der Waals surface area (Å²) < 4.78 is 1.02. The summed E-state index contributed by atoms with van der Waals surface area (Å²) in [6, 6.07) is 5.92. The second-order valence-electron chi connectivity index (χ2n) is 3.80. The summed E-state index contributed by atoms with van der Waals surface area (Å²) in [6.07, 6.45) is 0.900. The van der Waals surface area contributed by atoms with Gasteiger partial charge < -0.3 is 5.32 Å². The number of aryl methyl sites for hydroxylation is 1. The molecule has 0 saturated carbocycles. The zero-order chi connectivity index (χ0) is 12.4. The maximum Gasteiger partial charge on any atom is 0.0923 e. The van der Waals surface area contributed by atoms with Crippen molar-refractivity contribution in [1.29, 1.82) is 0 Å². The molecule has 0 spiro atoms. The molecule has 0 aliphatic rings. The molecule has 0 saturated heterocycles. The smallest absolute Gasteiger partial charge is 0.0923 e. The number of aromatic nitrogens is 1. The molecule has 0 aliphatic carbocycles. The first-order chi connectivity index (χ1) is 8.17. The van der Waals surface area contributed by atoms with Crippen LogP contribution >= 0.6 is 27.5 Å². The predicted molar refractivity (Wildman–Crippen MR) is 78.0 cm³/mol. The predicted octanol–water partition coefficient (Wildman–Crippen LogP) is 4.64. The number of hydrogen-bond donors (Lipinski definition) is 1. The molecule has 17 heavy (non-hydrogen) atoms. The summed E-state index contributed by atoms with van der Waals surface area (Å²) in [7, 11) is 0. The van der Waals surface area contributed by atoms with Gasteiger partial charge in [0.25, 0.3) is 0 Å². The first-order valence-electron chi connectivity index (χ1n) is 5.68. The summed E-state index contributed by atoms with van der Waals surface area (Å²) in [4.78, 5) is 4.60. The van der Waals surface area contributed by atoms with E-state index in [-0.39, 0.29) is 0 Å². The van der Waals surface area contributed by atoms with Gasteiger partial charge in [0.15, 0.2) is 0 Å². The van der Waals surface area contributed by atoms with Crippen molar-refractivity contribution in [3.63, 3.8) is 0 Å². The first-order valence-corrected chi connectivity index (χ1v) is 6.86. The van der Waals surface area contributed by atoms with Crippen molar-refractivity contribution in [1.82, 2.24) is 4.98 Å². The number of nitrogens with one attached hydrogen (secondary N) is 1. The third-order valence-electron chi connectivity index (χ3n) is 2.64. The minimum Gasteiger partial charge on any atom is -0.385 e. The van der Waals surface area contributed by atoms with Crippen molar-refractivity contribution in [2.75, 3.05) is 11.9 Å². The summed E-state index contributed by atoms with van der Waals surface area (Å²) in [6.45, 7) is 5.05. The highest BCUT2D eigenvalue weighted by Gasteiger charge is 2.10. The van der Waals surface area contributed by atoms with Crippen molar-refractivity contribution in [2.45, 2.75) is 20.3 Å². The van der Waals surface area contributed by atoms with E-state index in [1.165, 1.54) is 0 Å². The Morgan fingerprint density at radius 2 is 2.12 bits per heavy atom. The molecule has 1 aromatic carbocycles. The number of hydrogen-bond acceptors (Lipinski definition) is 2. The summed E-state index contributed by atoms with van der Waals surface area (Å²) >= 11 is 9.78. The Labute approximate surface area is 115 Å². The number of rotatable bonds is 3. The third kappa shape index (κ3) is 2.40. The number of anilines is 1. The van der Waals surface area contributed by atoms with E-state index < -0.39 is 0 Å². The quantitative estimate of drug-likeness (QED) is 0.892. The van der Waals surface area contributed by atoms with E-state index in [9.17, 15) is 0 Å². The van der Waals surface area contributed by atoms with E-state index >= 15 is 0 Å². The van der Waals surface area contributed by atoms with Crippen molar-refractivity contribution < 1.29 is 0 Å². The zero-order valence-electron chi connectivity index (χ0n) is 9.85. The van der Waals surface area contributed by atoms with Crippen LogP contribution in [0.4, 0.5) is 5.69 Å². The van der Waals surface area contributed by atoms with Crippen LogP contribution in [0.1, 0.15) is 19.5 Å². The molecule has 2 aromatic rings. The largest absolute Gasteiger partial charge is 0.385 e. The molecular formula is C13H14BrClN2. The maximum atomic E-state index is 6.22. The Balaban J connectivity index is 2.80. The number of nitrogens with zero attached hydrogens (tertiary/aromatic N) is 1. The van der Waals surface area contributed by atoms with Crippen LogP contribution in [0.15, 0.2) is 22.7 Å². The van der Waals surface area contributed by atoms with Crippen molar-refractivity contribution >= 4 is 44.1 Å². The van der Waals surface area contributed by atoms with Gasteiger partial charge in [-0.3, -0.25) is 4.98 Å². The second-order valence-corrected chi connectivity index (χ2v) is 5.06. The van der Waals surface area contributed by atoms with Crippen LogP contribution in [-0.4, -0.2) is 11.5 Å². The Kier molecular flexibility index (Phi) is 3.89. The van der Waals surface area contributed by atoms with Gasteiger partial charge in [-0.2, -0.15) is 0 Å². The molecule has 1 N–H and O–H groups in total. The second kappa shape index (κ2) is 5.23. The van der Waals surface area contributed by atoms with E-state index in [4.69, 9.17) is 11.6 Å². The third-order valence-corrected chi connectivity index (χ3v) is 3.61. The Hall–Kier alpha value is -0.800. The number of benzene rings is 1. The molecule has 0 fully saturated rings. The number of pyridine rings is 1.